The molecule has 0 spiro atoms. The predicted octanol–water partition coefficient (Wildman–Crippen LogP) is 1.06. The van der Waals surface area contributed by atoms with E-state index in [0.717, 1.165) is 16.6 Å². The van der Waals surface area contributed by atoms with Gasteiger partial charge in [-0.05, 0) is 18.2 Å². The van der Waals surface area contributed by atoms with Gasteiger partial charge in [0.1, 0.15) is 12.2 Å². The van der Waals surface area contributed by atoms with Gasteiger partial charge in [-0.3, -0.25) is 9.58 Å². The fourth-order valence-corrected chi connectivity index (χ4v) is 2.79. The van der Waals surface area contributed by atoms with Crippen molar-refractivity contribution in [2.75, 3.05) is 11.4 Å². The van der Waals surface area contributed by atoms with E-state index in [1.54, 1.807) is 15.8 Å². The lowest BCUT2D eigenvalue weighted by atomic mass is 10.2. The Kier molecular flexibility index (Phi) is 3.16. The third-order valence-corrected chi connectivity index (χ3v) is 3.96. The molecular formula is C15H13N7O2. The van der Waals surface area contributed by atoms with Crippen LogP contribution in [-0.4, -0.2) is 43.5 Å². The number of hydrogen-bond donors (Lipinski definition) is 0. The van der Waals surface area contributed by atoms with Gasteiger partial charge in [0, 0.05) is 18.1 Å². The molecule has 0 bridgehead atoms. The molecule has 1 aliphatic heterocycles. The molecule has 120 valence electrons. The highest BCUT2D eigenvalue weighted by atomic mass is 16.6. The number of nitrogens with zero attached hydrogens (tertiary/aromatic N) is 7. The van der Waals surface area contributed by atoms with Crippen LogP contribution >= 0.6 is 0 Å². The van der Waals surface area contributed by atoms with Crippen molar-refractivity contribution < 1.29 is 9.53 Å². The van der Waals surface area contributed by atoms with Crippen molar-refractivity contribution in [1.29, 1.82) is 5.26 Å². The average Bonchev–Trinajstić information content (AvgIpc) is 3.27. The highest BCUT2D eigenvalue weighted by molar-refractivity contribution is 5.93. The van der Waals surface area contributed by atoms with Gasteiger partial charge in [-0.2, -0.15) is 10.4 Å². The molecule has 3 aromatic rings. The number of aromatic nitrogens is 5. The smallest absolute Gasteiger partial charge is 0.414 e. The monoisotopic (exact) mass is 323 g/mol. The minimum Gasteiger partial charge on any atom is -0.442 e. The summed E-state index contributed by atoms with van der Waals surface area (Å²) in [5, 5.41) is 21.5. The first-order valence-electron chi connectivity index (χ1n) is 7.34. The van der Waals surface area contributed by atoms with Gasteiger partial charge < -0.3 is 4.74 Å². The minimum absolute atomic E-state index is 0.234. The maximum absolute atomic E-state index is 12.2. The summed E-state index contributed by atoms with van der Waals surface area (Å²) in [6, 6.07) is 7.62. The molecule has 24 heavy (non-hydrogen) atoms. The predicted molar refractivity (Wildman–Crippen MR) is 83.1 cm³/mol. The highest BCUT2D eigenvalue weighted by Crippen LogP contribution is 2.26. The highest BCUT2D eigenvalue weighted by Gasteiger charge is 2.33. The summed E-state index contributed by atoms with van der Waals surface area (Å²) in [6.45, 7) is 0.762. The summed E-state index contributed by atoms with van der Waals surface area (Å²) in [5.41, 5.74) is 1.99. The lowest BCUT2D eigenvalue weighted by Crippen LogP contribution is -2.26. The fourth-order valence-electron chi connectivity index (χ4n) is 2.79. The lowest BCUT2D eigenvalue weighted by molar-refractivity contribution is 0.129. The lowest BCUT2D eigenvalue weighted by Gasteiger charge is -2.13. The van der Waals surface area contributed by atoms with Gasteiger partial charge in [-0.1, -0.05) is 5.21 Å². The zero-order chi connectivity index (χ0) is 16.7. The van der Waals surface area contributed by atoms with Crippen molar-refractivity contribution in [2.45, 2.75) is 12.6 Å². The molecular weight excluding hydrogens is 310 g/mol. The molecule has 9 nitrogen and oxygen atoms in total. The van der Waals surface area contributed by atoms with Crippen molar-refractivity contribution in [1.82, 2.24) is 24.8 Å². The zero-order valence-corrected chi connectivity index (χ0v) is 12.8. The first-order chi connectivity index (χ1) is 11.6. The summed E-state index contributed by atoms with van der Waals surface area (Å²) >= 11 is 0. The van der Waals surface area contributed by atoms with Crippen LogP contribution in [0.1, 0.15) is 5.69 Å². The van der Waals surface area contributed by atoms with Gasteiger partial charge >= 0.3 is 6.09 Å². The second-order valence-corrected chi connectivity index (χ2v) is 5.57. The van der Waals surface area contributed by atoms with E-state index in [-0.39, 0.29) is 11.8 Å². The number of cyclic esters (lactones) is 1. The molecule has 1 aromatic carbocycles. The normalized spacial score (nSPS) is 17.2. The van der Waals surface area contributed by atoms with E-state index < -0.39 is 6.09 Å². The molecule has 0 aliphatic carbocycles. The summed E-state index contributed by atoms with van der Waals surface area (Å²) in [5.74, 6) is 0. The van der Waals surface area contributed by atoms with Gasteiger partial charge in [0.15, 0.2) is 5.69 Å². The van der Waals surface area contributed by atoms with Crippen LogP contribution < -0.4 is 4.90 Å². The SMILES string of the molecule is Cn1ncc2cc(N3C[C@H](Cn4cc(C#N)nn4)OC3=O)ccc21. The number of benzene rings is 1. The molecule has 2 aromatic heterocycles. The van der Waals surface area contributed by atoms with Gasteiger partial charge in [0.05, 0.1) is 31.0 Å². The first kappa shape index (κ1) is 14.2. The molecule has 0 saturated carbocycles. The average molecular weight is 323 g/mol. The van der Waals surface area contributed by atoms with E-state index in [9.17, 15) is 4.79 Å². The maximum Gasteiger partial charge on any atom is 0.414 e. The molecule has 1 saturated heterocycles. The number of nitriles is 1. The van der Waals surface area contributed by atoms with E-state index in [4.69, 9.17) is 10.00 Å². The first-order valence-corrected chi connectivity index (χ1v) is 7.34. The number of carbonyl (C=O) groups is 1. The van der Waals surface area contributed by atoms with E-state index in [1.807, 2.05) is 31.3 Å². The molecule has 1 amide bonds. The number of rotatable bonds is 3. The van der Waals surface area contributed by atoms with Crippen molar-refractivity contribution in [3.05, 3.63) is 36.3 Å². The Morgan fingerprint density at radius 2 is 2.33 bits per heavy atom. The van der Waals surface area contributed by atoms with Crippen LogP contribution in [0.3, 0.4) is 0 Å². The van der Waals surface area contributed by atoms with E-state index in [0.29, 0.717) is 13.1 Å². The molecule has 0 radical (unpaired) electrons. The van der Waals surface area contributed by atoms with Crippen LogP contribution in [0.25, 0.3) is 10.9 Å². The molecule has 1 fully saturated rings. The second-order valence-electron chi connectivity index (χ2n) is 5.57. The number of aryl methyl sites for hydroxylation is 1. The molecule has 0 N–H and O–H groups in total. The maximum atomic E-state index is 12.2. The van der Waals surface area contributed by atoms with Gasteiger partial charge in [0.2, 0.25) is 0 Å². The molecule has 1 aliphatic rings. The van der Waals surface area contributed by atoms with Crippen molar-refractivity contribution >= 4 is 22.7 Å². The van der Waals surface area contributed by atoms with Crippen LogP contribution in [0.15, 0.2) is 30.6 Å². The van der Waals surface area contributed by atoms with Crippen LogP contribution in [-0.2, 0) is 18.3 Å². The Balaban J connectivity index is 1.53. The van der Waals surface area contributed by atoms with Gasteiger partial charge in [0.25, 0.3) is 0 Å². The molecule has 1 atom stereocenters. The number of anilines is 1. The van der Waals surface area contributed by atoms with E-state index >= 15 is 0 Å². The van der Waals surface area contributed by atoms with Crippen molar-refractivity contribution in [3.8, 4) is 6.07 Å². The van der Waals surface area contributed by atoms with Crippen molar-refractivity contribution in [3.63, 3.8) is 0 Å². The third kappa shape index (κ3) is 2.34. The number of hydrogen-bond acceptors (Lipinski definition) is 6. The summed E-state index contributed by atoms with van der Waals surface area (Å²) in [6.07, 6.45) is 2.54. The van der Waals surface area contributed by atoms with E-state index in [1.165, 1.54) is 10.9 Å². The van der Waals surface area contributed by atoms with E-state index in [2.05, 4.69) is 15.4 Å². The quantitative estimate of drug-likeness (QED) is 0.714. The summed E-state index contributed by atoms with van der Waals surface area (Å²) in [7, 11) is 1.87. The zero-order valence-electron chi connectivity index (χ0n) is 12.8. The third-order valence-electron chi connectivity index (χ3n) is 3.96. The molecule has 4 rings (SSSR count). The summed E-state index contributed by atoms with van der Waals surface area (Å²) in [4.78, 5) is 13.7. The van der Waals surface area contributed by atoms with Crippen molar-refractivity contribution in [2.24, 2.45) is 7.05 Å². The largest absolute Gasteiger partial charge is 0.442 e. The number of amides is 1. The minimum atomic E-state index is -0.399. The van der Waals surface area contributed by atoms with Gasteiger partial charge in [-0.15, -0.1) is 5.10 Å². The van der Waals surface area contributed by atoms with Crippen LogP contribution in [0.2, 0.25) is 0 Å². The Bertz CT molecular complexity index is 968. The second kappa shape index (κ2) is 5.34. The summed E-state index contributed by atoms with van der Waals surface area (Å²) < 4.78 is 8.67. The standard InChI is InChI=1S/C15H13N7O2/c1-20-14-3-2-12(4-10(14)6-17-20)22-9-13(24-15(22)23)8-21-7-11(5-16)18-19-21/h2-4,6-7,13H,8-9H2,1H3/t13-/m0/s1. The number of carbonyl (C=O) groups excluding carboxylic acids is 1. The number of ether oxygens (including phenoxy) is 1. The molecule has 0 unspecified atom stereocenters. The fraction of sp³-hybridized carbons (Fsp3) is 0.267. The topological polar surface area (TPSA) is 102 Å². The van der Waals surface area contributed by atoms with Crippen LogP contribution in [0, 0.1) is 11.3 Å². The van der Waals surface area contributed by atoms with Crippen LogP contribution in [0.5, 0.6) is 0 Å². The molecule has 9 heteroatoms. The number of fused-ring (bicyclic) bond motifs is 1. The molecule has 3 heterocycles. The van der Waals surface area contributed by atoms with Gasteiger partial charge in [-0.25, -0.2) is 9.48 Å². The Morgan fingerprint density at radius 1 is 1.46 bits per heavy atom. The Labute approximate surface area is 136 Å². The Morgan fingerprint density at radius 3 is 3.12 bits per heavy atom. The Hall–Kier alpha value is -3.41. The van der Waals surface area contributed by atoms with Crippen LogP contribution in [0.4, 0.5) is 10.5 Å².